The molecule has 0 unspecified atom stereocenters. The topological polar surface area (TPSA) is 29.3 Å². The van der Waals surface area contributed by atoms with E-state index < -0.39 is 0 Å². The summed E-state index contributed by atoms with van der Waals surface area (Å²) in [6.07, 6.45) is 10.5. The van der Waals surface area contributed by atoms with Crippen LogP contribution in [0.5, 0.6) is 0 Å². The predicted molar refractivity (Wildman–Crippen MR) is 78.4 cm³/mol. The summed E-state index contributed by atoms with van der Waals surface area (Å²) < 4.78 is 0. The predicted octanol–water partition coefficient (Wildman–Crippen LogP) is 3.80. The van der Waals surface area contributed by atoms with E-state index in [0.29, 0.717) is 6.04 Å². The minimum absolute atomic E-state index is 0.536. The number of nitrogens with zero attached hydrogens (tertiary/aromatic N) is 1. The first kappa shape index (κ1) is 16.9. The van der Waals surface area contributed by atoms with E-state index in [4.69, 9.17) is 5.73 Å². The Labute approximate surface area is 109 Å². The maximum atomic E-state index is 5.63. The van der Waals surface area contributed by atoms with Crippen molar-refractivity contribution < 1.29 is 0 Å². The van der Waals surface area contributed by atoms with E-state index in [2.05, 4.69) is 25.7 Å². The van der Waals surface area contributed by atoms with Gasteiger partial charge in [-0.2, -0.15) is 0 Å². The van der Waals surface area contributed by atoms with Crippen LogP contribution in [-0.4, -0.2) is 30.6 Å². The van der Waals surface area contributed by atoms with Crippen LogP contribution in [0.3, 0.4) is 0 Å². The van der Waals surface area contributed by atoms with E-state index in [-0.39, 0.29) is 0 Å². The van der Waals surface area contributed by atoms with Crippen molar-refractivity contribution in [2.45, 2.75) is 78.2 Å². The number of rotatable bonds is 6. The summed E-state index contributed by atoms with van der Waals surface area (Å²) >= 11 is 0. The highest BCUT2D eigenvalue weighted by atomic mass is 15.1. The van der Waals surface area contributed by atoms with Gasteiger partial charge in [0.2, 0.25) is 0 Å². The normalized spacial score (nSPS) is 16.8. The van der Waals surface area contributed by atoms with E-state index in [1.54, 1.807) is 0 Å². The molecule has 0 aliphatic heterocycles. The van der Waals surface area contributed by atoms with Crippen LogP contribution in [0.25, 0.3) is 0 Å². The fourth-order valence-electron chi connectivity index (χ4n) is 2.42. The van der Waals surface area contributed by atoms with E-state index in [0.717, 1.165) is 0 Å². The van der Waals surface area contributed by atoms with E-state index in [1.807, 2.05) is 0 Å². The van der Waals surface area contributed by atoms with E-state index in [1.165, 1.54) is 71.0 Å². The van der Waals surface area contributed by atoms with Gasteiger partial charge in [0.15, 0.2) is 0 Å². The molecular weight excluding hydrogens is 208 g/mol. The van der Waals surface area contributed by atoms with Gasteiger partial charge < -0.3 is 10.6 Å². The summed E-state index contributed by atoms with van der Waals surface area (Å²) in [6.45, 7) is 10.6. The summed E-state index contributed by atoms with van der Waals surface area (Å²) in [4.78, 5) is 2.54. The zero-order valence-electron chi connectivity index (χ0n) is 12.4. The lowest BCUT2D eigenvalue weighted by molar-refractivity contribution is 0.275. The van der Waals surface area contributed by atoms with Gasteiger partial charge in [0.1, 0.15) is 0 Å². The monoisotopic (exact) mass is 242 g/mol. The van der Waals surface area contributed by atoms with Crippen molar-refractivity contribution in [2.75, 3.05) is 19.6 Å². The van der Waals surface area contributed by atoms with E-state index in [9.17, 15) is 0 Å². The van der Waals surface area contributed by atoms with Crippen molar-refractivity contribution in [2.24, 2.45) is 5.73 Å². The fraction of sp³-hybridized carbons (Fsp3) is 1.00. The van der Waals surface area contributed by atoms with Crippen molar-refractivity contribution >= 4 is 0 Å². The largest absolute Gasteiger partial charge is 0.328 e. The second kappa shape index (κ2) is 12.4. The molecule has 1 saturated carbocycles. The Balaban J connectivity index is 0.000000318. The van der Waals surface area contributed by atoms with Gasteiger partial charge in [-0.25, -0.2) is 0 Å². The summed E-state index contributed by atoms with van der Waals surface area (Å²) in [5, 5.41) is 0. The first-order valence-electron chi connectivity index (χ1n) is 7.72. The van der Waals surface area contributed by atoms with Crippen LogP contribution in [0.2, 0.25) is 0 Å². The third-order valence-electron chi connectivity index (χ3n) is 3.27. The summed E-state index contributed by atoms with van der Waals surface area (Å²) in [6, 6.07) is 0.536. The van der Waals surface area contributed by atoms with Crippen LogP contribution in [0.15, 0.2) is 0 Å². The van der Waals surface area contributed by atoms with Gasteiger partial charge in [-0.05, 0) is 51.7 Å². The molecule has 0 heterocycles. The molecule has 0 aromatic carbocycles. The maximum Gasteiger partial charge on any atom is 0.00388 e. The minimum atomic E-state index is 0.536. The van der Waals surface area contributed by atoms with Gasteiger partial charge in [-0.3, -0.25) is 0 Å². The lowest BCUT2D eigenvalue weighted by atomic mass is 9.97. The molecular formula is C15H34N2. The summed E-state index contributed by atoms with van der Waals surface area (Å²) in [5.41, 5.74) is 5.63. The molecule has 2 nitrogen and oxygen atoms in total. The third kappa shape index (κ3) is 10.8. The van der Waals surface area contributed by atoms with Crippen LogP contribution >= 0.6 is 0 Å². The average molecular weight is 242 g/mol. The summed E-state index contributed by atoms with van der Waals surface area (Å²) in [5.74, 6) is 0. The number of hydrogen-bond acceptors (Lipinski definition) is 2. The molecule has 0 aromatic heterocycles. The van der Waals surface area contributed by atoms with E-state index >= 15 is 0 Å². The van der Waals surface area contributed by atoms with Gasteiger partial charge in [0.25, 0.3) is 0 Å². The highest BCUT2D eigenvalue weighted by molar-refractivity contribution is 4.66. The molecule has 2 N–H and O–H groups in total. The molecule has 0 bridgehead atoms. The van der Waals surface area contributed by atoms with Crippen LogP contribution in [0, 0.1) is 0 Å². The van der Waals surface area contributed by atoms with Crippen molar-refractivity contribution in [1.29, 1.82) is 0 Å². The molecule has 1 rings (SSSR count). The lowest BCUT2D eigenvalue weighted by Gasteiger charge is -2.19. The van der Waals surface area contributed by atoms with Crippen molar-refractivity contribution in [3.63, 3.8) is 0 Å². The van der Waals surface area contributed by atoms with Crippen LogP contribution in [0.4, 0.5) is 0 Å². The van der Waals surface area contributed by atoms with Gasteiger partial charge in [0, 0.05) is 6.04 Å². The van der Waals surface area contributed by atoms with Crippen LogP contribution < -0.4 is 5.73 Å². The Morgan fingerprint density at radius 3 is 1.47 bits per heavy atom. The molecule has 0 aromatic rings. The molecule has 0 amide bonds. The average Bonchev–Trinajstić information content (AvgIpc) is 2.32. The second-order valence-electron chi connectivity index (χ2n) is 5.24. The quantitative estimate of drug-likeness (QED) is 0.767. The van der Waals surface area contributed by atoms with Crippen molar-refractivity contribution in [1.82, 2.24) is 4.90 Å². The molecule has 0 spiro atoms. The van der Waals surface area contributed by atoms with Gasteiger partial charge >= 0.3 is 0 Å². The fourth-order valence-corrected chi connectivity index (χ4v) is 2.42. The molecule has 0 atom stereocenters. The first-order chi connectivity index (χ1) is 8.24. The highest BCUT2D eigenvalue weighted by Crippen LogP contribution is 2.14. The van der Waals surface area contributed by atoms with Crippen LogP contribution in [0.1, 0.15) is 72.1 Å². The molecule has 1 aliphatic rings. The van der Waals surface area contributed by atoms with Gasteiger partial charge in [-0.15, -0.1) is 0 Å². The zero-order valence-corrected chi connectivity index (χ0v) is 12.4. The van der Waals surface area contributed by atoms with Gasteiger partial charge in [-0.1, -0.05) is 40.0 Å². The second-order valence-corrected chi connectivity index (χ2v) is 5.24. The minimum Gasteiger partial charge on any atom is -0.328 e. The Kier molecular flexibility index (Phi) is 12.3. The first-order valence-corrected chi connectivity index (χ1v) is 7.72. The Bertz CT molecular complexity index is 128. The van der Waals surface area contributed by atoms with Crippen LogP contribution in [-0.2, 0) is 0 Å². The zero-order chi connectivity index (χ0) is 12.9. The van der Waals surface area contributed by atoms with Crippen molar-refractivity contribution in [3.05, 3.63) is 0 Å². The Morgan fingerprint density at radius 2 is 1.24 bits per heavy atom. The highest BCUT2D eigenvalue weighted by Gasteiger charge is 2.06. The van der Waals surface area contributed by atoms with Gasteiger partial charge in [0.05, 0.1) is 0 Å². The molecule has 0 radical (unpaired) electrons. The molecule has 0 saturated heterocycles. The third-order valence-corrected chi connectivity index (χ3v) is 3.27. The lowest BCUT2D eigenvalue weighted by Crippen LogP contribution is -2.25. The number of hydrogen-bond donors (Lipinski definition) is 1. The molecule has 1 aliphatic carbocycles. The summed E-state index contributed by atoms with van der Waals surface area (Å²) in [7, 11) is 0. The smallest absolute Gasteiger partial charge is 0.00388 e. The SMILES string of the molecule is CCCN(CCC)CCC.NC1CCCCC1. The molecule has 1 fully saturated rings. The maximum absolute atomic E-state index is 5.63. The van der Waals surface area contributed by atoms with Crippen molar-refractivity contribution in [3.8, 4) is 0 Å². The Morgan fingerprint density at radius 1 is 0.824 bits per heavy atom. The Hall–Kier alpha value is -0.0800. The molecule has 17 heavy (non-hydrogen) atoms. The molecule has 2 heteroatoms. The number of nitrogens with two attached hydrogens (primary N) is 1. The standard InChI is InChI=1S/C9H21N.C6H13N/c1-4-7-10(8-5-2)9-6-3;7-6-4-2-1-3-5-6/h4-9H2,1-3H3;6H,1-5,7H2. The molecule has 104 valence electrons.